The topological polar surface area (TPSA) is 58.4 Å². The van der Waals surface area contributed by atoms with Gasteiger partial charge < -0.3 is 14.4 Å². The molecule has 1 aromatic heterocycles. The van der Waals surface area contributed by atoms with Crippen molar-refractivity contribution in [1.29, 1.82) is 0 Å². The van der Waals surface area contributed by atoms with E-state index in [9.17, 15) is 8.42 Å². The van der Waals surface area contributed by atoms with Crippen molar-refractivity contribution < 1.29 is 12.8 Å². The Kier molecular flexibility index (Phi) is 7.31. The van der Waals surface area contributed by atoms with Crippen LogP contribution in [-0.4, -0.2) is 72.8 Å². The smallest absolute Gasteiger partial charge is 0.175 e. The Hall–Kier alpha value is -2.29. The van der Waals surface area contributed by atoms with Crippen molar-refractivity contribution in [1.82, 2.24) is 19.4 Å². The third-order valence-electron chi connectivity index (χ3n) is 8.92. The van der Waals surface area contributed by atoms with E-state index in [1.807, 2.05) is 0 Å². The highest BCUT2D eigenvalue weighted by molar-refractivity contribution is 7.90. The van der Waals surface area contributed by atoms with E-state index in [1.54, 1.807) is 30.3 Å². The largest absolute Gasteiger partial charge is 0.321 e. The maximum absolute atomic E-state index is 15.5. The molecule has 210 valence electrons. The molecule has 3 fully saturated rings. The number of halogens is 1. The van der Waals surface area contributed by atoms with Crippen molar-refractivity contribution in [2.45, 2.75) is 75.3 Å². The van der Waals surface area contributed by atoms with E-state index in [1.165, 1.54) is 38.7 Å². The fourth-order valence-electron chi connectivity index (χ4n) is 6.75. The third kappa shape index (κ3) is 5.66. The minimum atomic E-state index is -3.28. The molecule has 6 rings (SSSR count). The molecule has 0 atom stereocenters. The average molecular weight is 553 g/mol. The molecule has 6 nitrogen and oxygen atoms in total. The molecular weight excluding hydrogens is 511 g/mol. The molecule has 0 spiro atoms. The first kappa shape index (κ1) is 26.9. The van der Waals surface area contributed by atoms with Crippen LogP contribution in [0.15, 0.2) is 41.3 Å². The average Bonchev–Trinajstić information content (AvgIpc) is 3.68. The molecule has 3 aromatic rings. The first-order valence-corrected chi connectivity index (χ1v) is 16.5. The van der Waals surface area contributed by atoms with Crippen LogP contribution in [0.4, 0.5) is 4.39 Å². The van der Waals surface area contributed by atoms with E-state index in [0.717, 1.165) is 67.2 Å². The zero-order chi connectivity index (χ0) is 27.3. The van der Waals surface area contributed by atoms with Crippen LogP contribution in [0, 0.1) is 11.7 Å². The summed E-state index contributed by atoms with van der Waals surface area (Å²) in [5.41, 5.74) is 3.19. The van der Waals surface area contributed by atoms with E-state index in [2.05, 4.69) is 34.3 Å². The minimum Gasteiger partial charge on any atom is -0.321 e. The lowest BCUT2D eigenvalue weighted by Crippen LogP contribution is -2.48. The number of sulfone groups is 1. The van der Waals surface area contributed by atoms with Gasteiger partial charge in [-0.2, -0.15) is 0 Å². The van der Waals surface area contributed by atoms with Crippen molar-refractivity contribution in [2.24, 2.45) is 5.92 Å². The number of rotatable bonds is 7. The minimum absolute atomic E-state index is 0.254. The summed E-state index contributed by atoms with van der Waals surface area (Å²) in [7, 11) is -3.28. The molecule has 3 heterocycles. The molecule has 1 aliphatic carbocycles. The molecule has 0 N–H and O–H groups in total. The monoisotopic (exact) mass is 552 g/mol. The molecule has 39 heavy (non-hydrogen) atoms. The van der Waals surface area contributed by atoms with Gasteiger partial charge in [0.2, 0.25) is 0 Å². The van der Waals surface area contributed by atoms with Gasteiger partial charge in [0.05, 0.1) is 10.4 Å². The van der Waals surface area contributed by atoms with Crippen molar-refractivity contribution in [3.05, 3.63) is 47.8 Å². The van der Waals surface area contributed by atoms with Crippen LogP contribution in [0.5, 0.6) is 0 Å². The van der Waals surface area contributed by atoms with Gasteiger partial charge in [-0.1, -0.05) is 13.8 Å². The van der Waals surface area contributed by atoms with Crippen molar-refractivity contribution in [2.75, 3.05) is 39.0 Å². The van der Waals surface area contributed by atoms with E-state index in [-0.39, 0.29) is 10.7 Å². The zero-order valence-electron chi connectivity index (χ0n) is 23.4. The molecule has 0 unspecified atom stereocenters. The van der Waals surface area contributed by atoms with Gasteiger partial charge in [0.1, 0.15) is 11.3 Å². The maximum Gasteiger partial charge on any atom is 0.175 e. The lowest BCUT2D eigenvalue weighted by Gasteiger charge is -2.42. The number of hydrogen-bond acceptors (Lipinski definition) is 5. The number of likely N-dealkylation sites (tertiary alicyclic amines) is 2. The summed E-state index contributed by atoms with van der Waals surface area (Å²) in [6.45, 7) is 10.4. The summed E-state index contributed by atoms with van der Waals surface area (Å²) in [6, 6.07) is 11.7. The summed E-state index contributed by atoms with van der Waals surface area (Å²) in [5, 5.41) is 0. The Labute approximate surface area is 232 Å². The summed E-state index contributed by atoms with van der Waals surface area (Å²) in [4.78, 5) is 10.3. The van der Waals surface area contributed by atoms with Gasteiger partial charge in [-0.3, -0.25) is 0 Å². The second-order valence-corrected chi connectivity index (χ2v) is 14.5. The number of hydrogen-bond donors (Lipinski definition) is 0. The SMILES string of the molecule is CC(C)CN1CCC(N2CCC(c3cc(F)c4nc(-c5ccc(S(C)(=O)=O)cc5)n(C5CC5)c4c3)CC2)CC1. The van der Waals surface area contributed by atoms with Gasteiger partial charge in [-0.05, 0) is 119 Å². The van der Waals surface area contributed by atoms with E-state index >= 15 is 4.39 Å². The fraction of sp³-hybridized carbons (Fsp3) is 0.581. The Bertz CT molecular complexity index is 1430. The van der Waals surface area contributed by atoms with Crippen LogP contribution in [0.3, 0.4) is 0 Å². The molecule has 1 saturated carbocycles. The van der Waals surface area contributed by atoms with Gasteiger partial charge in [-0.25, -0.2) is 17.8 Å². The van der Waals surface area contributed by atoms with E-state index in [4.69, 9.17) is 4.98 Å². The third-order valence-corrected chi connectivity index (χ3v) is 10.1. The van der Waals surface area contributed by atoms with E-state index < -0.39 is 9.84 Å². The van der Waals surface area contributed by atoms with Crippen LogP contribution in [0.25, 0.3) is 22.4 Å². The van der Waals surface area contributed by atoms with Gasteiger partial charge in [0.25, 0.3) is 0 Å². The zero-order valence-corrected chi connectivity index (χ0v) is 24.3. The van der Waals surface area contributed by atoms with Gasteiger partial charge >= 0.3 is 0 Å². The second kappa shape index (κ2) is 10.6. The van der Waals surface area contributed by atoms with Crippen molar-refractivity contribution in [3.63, 3.8) is 0 Å². The highest BCUT2D eigenvalue weighted by Gasteiger charge is 2.32. The second-order valence-electron chi connectivity index (χ2n) is 12.4. The lowest BCUT2D eigenvalue weighted by atomic mass is 9.87. The first-order chi connectivity index (χ1) is 18.7. The Morgan fingerprint density at radius 1 is 0.923 bits per heavy atom. The van der Waals surface area contributed by atoms with Gasteiger partial charge in [0.15, 0.2) is 15.7 Å². The Balaban J connectivity index is 1.20. The number of aromatic nitrogens is 2. The highest BCUT2D eigenvalue weighted by Crippen LogP contribution is 2.43. The van der Waals surface area contributed by atoms with Gasteiger partial charge in [0, 0.05) is 30.4 Å². The maximum atomic E-state index is 15.5. The predicted octanol–water partition coefficient (Wildman–Crippen LogP) is 5.88. The highest BCUT2D eigenvalue weighted by atomic mass is 32.2. The number of imidazole rings is 1. The van der Waals surface area contributed by atoms with Crippen LogP contribution < -0.4 is 0 Å². The number of fused-ring (bicyclic) bond motifs is 1. The number of benzene rings is 2. The lowest BCUT2D eigenvalue weighted by molar-refractivity contribution is 0.0828. The summed E-state index contributed by atoms with van der Waals surface area (Å²) >= 11 is 0. The molecule has 2 aromatic carbocycles. The molecule has 0 radical (unpaired) electrons. The molecule has 2 aliphatic heterocycles. The molecular formula is C31H41FN4O2S. The van der Waals surface area contributed by atoms with Crippen molar-refractivity contribution >= 4 is 20.9 Å². The van der Waals surface area contributed by atoms with E-state index in [0.29, 0.717) is 23.5 Å². The summed E-state index contributed by atoms with van der Waals surface area (Å²) in [6.07, 6.45) is 7.96. The molecule has 3 aliphatic rings. The van der Waals surface area contributed by atoms with Crippen LogP contribution >= 0.6 is 0 Å². The molecule has 0 bridgehead atoms. The summed E-state index contributed by atoms with van der Waals surface area (Å²) in [5.74, 6) is 1.56. The Morgan fingerprint density at radius 3 is 2.18 bits per heavy atom. The summed E-state index contributed by atoms with van der Waals surface area (Å²) < 4.78 is 41.6. The van der Waals surface area contributed by atoms with Crippen LogP contribution in [0.1, 0.15) is 69.9 Å². The standard InChI is InChI=1S/C31H41FN4O2S/c1-21(2)20-34-14-12-25(13-15-34)35-16-10-22(11-17-35)24-18-28(32)30-29(19-24)36(26-6-7-26)31(33-30)23-4-8-27(9-5-23)39(3,37)38/h4-5,8-9,18-19,21-22,25-26H,6-7,10-17,20H2,1-3H3. The number of piperidine rings is 2. The molecule has 0 amide bonds. The van der Waals surface area contributed by atoms with Crippen LogP contribution in [-0.2, 0) is 9.84 Å². The first-order valence-electron chi connectivity index (χ1n) is 14.7. The normalized spacial score (nSPS) is 20.8. The molecule has 8 heteroatoms. The predicted molar refractivity (Wildman–Crippen MR) is 154 cm³/mol. The van der Waals surface area contributed by atoms with Gasteiger partial charge in [-0.15, -0.1) is 0 Å². The molecule has 2 saturated heterocycles. The van der Waals surface area contributed by atoms with Crippen molar-refractivity contribution in [3.8, 4) is 11.4 Å². The number of nitrogens with zero attached hydrogens (tertiary/aromatic N) is 4. The fourth-order valence-corrected chi connectivity index (χ4v) is 7.38. The Morgan fingerprint density at radius 2 is 1.59 bits per heavy atom. The quantitative estimate of drug-likeness (QED) is 0.366. The van der Waals surface area contributed by atoms with Crippen LogP contribution in [0.2, 0.25) is 0 Å².